The molecule has 0 amide bonds. The molecular formula is C13H12ClFIN3O. The Morgan fingerprint density at radius 1 is 1.40 bits per heavy atom. The molecule has 106 valence electrons. The Hall–Kier alpha value is -0.990. The second-order valence-corrected chi connectivity index (χ2v) is 5.58. The summed E-state index contributed by atoms with van der Waals surface area (Å²) in [6.45, 7) is 0.322. The van der Waals surface area contributed by atoms with Crippen molar-refractivity contribution in [1.29, 1.82) is 0 Å². The monoisotopic (exact) mass is 407 g/mol. The highest BCUT2D eigenvalue weighted by Gasteiger charge is 2.14. The van der Waals surface area contributed by atoms with Gasteiger partial charge in [-0.25, -0.2) is 14.4 Å². The van der Waals surface area contributed by atoms with Crippen molar-refractivity contribution < 1.29 is 9.13 Å². The predicted octanol–water partition coefficient (Wildman–Crippen LogP) is 3.19. The molecule has 0 aliphatic rings. The highest BCUT2D eigenvalue weighted by atomic mass is 127. The molecule has 0 fully saturated rings. The van der Waals surface area contributed by atoms with Gasteiger partial charge in [-0.1, -0.05) is 17.7 Å². The van der Waals surface area contributed by atoms with E-state index in [1.807, 2.05) is 0 Å². The molecule has 0 aliphatic carbocycles. The number of nitrogens with zero attached hydrogens (tertiary/aromatic N) is 2. The van der Waals surface area contributed by atoms with Crippen LogP contribution in [0.15, 0.2) is 18.2 Å². The molecule has 20 heavy (non-hydrogen) atoms. The van der Waals surface area contributed by atoms with Gasteiger partial charge in [0.25, 0.3) is 0 Å². The zero-order valence-electron chi connectivity index (χ0n) is 10.7. The van der Waals surface area contributed by atoms with Crippen molar-refractivity contribution in [3.05, 3.63) is 49.7 Å². The maximum absolute atomic E-state index is 13.8. The van der Waals surface area contributed by atoms with Crippen molar-refractivity contribution in [3.8, 4) is 0 Å². The fourth-order valence-corrected chi connectivity index (χ4v) is 2.36. The van der Waals surface area contributed by atoms with Crippen molar-refractivity contribution in [2.75, 3.05) is 12.8 Å². The Morgan fingerprint density at radius 2 is 2.15 bits per heavy atom. The Morgan fingerprint density at radius 3 is 2.80 bits per heavy atom. The lowest BCUT2D eigenvalue weighted by Gasteiger charge is -2.09. The normalized spacial score (nSPS) is 10.8. The molecule has 4 nitrogen and oxygen atoms in total. The molecule has 0 bridgehead atoms. The topological polar surface area (TPSA) is 61.0 Å². The molecule has 0 saturated carbocycles. The number of anilines is 1. The summed E-state index contributed by atoms with van der Waals surface area (Å²) in [6, 6.07) is 4.54. The van der Waals surface area contributed by atoms with Crippen LogP contribution in [-0.4, -0.2) is 17.1 Å². The second-order valence-electron chi connectivity index (χ2n) is 4.10. The van der Waals surface area contributed by atoms with Crippen molar-refractivity contribution >= 4 is 40.0 Å². The van der Waals surface area contributed by atoms with Crippen LogP contribution in [0, 0.1) is 9.39 Å². The van der Waals surface area contributed by atoms with Crippen LogP contribution in [-0.2, 0) is 17.8 Å². The fourth-order valence-electron chi connectivity index (χ4n) is 1.74. The Bertz CT molecular complexity index is 619. The molecule has 0 aliphatic heterocycles. The first-order chi connectivity index (χ1) is 9.52. The minimum absolute atomic E-state index is 0.184. The van der Waals surface area contributed by atoms with E-state index in [0.717, 1.165) is 3.57 Å². The molecule has 1 aromatic carbocycles. The predicted molar refractivity (Wildman–Crippen MR) is 84.1 cm³/mol. The SMILES string of the molecule is COCc1nc(Cc2c(F)cccc2Cl)nc(N)c1I. The van der Waals surface area contributed by atoms with Gasteiger partial charge in [-0.3, -0.25) is 0 Å². The van der Waals surface area contributed by atoms with Gasteiger partial charge in [0.1, 0.15) is 17.5 Å². The molecule has 7 heteroatoms. The lowest BCUT2D eigenvalue weighted by molar-refractivity contribution is 0.180. The average Bonchev–Trinajstić information content (AvgIpc) is 2.40. The van der Waals surface area contributed by atoms with Gasteiger partial charge in [-0.05, 0) is 34.7 Å². The van der Waals surface area contributed by atoms with Crippen LogP contribution in [0.3, 0.4) is 0 Å². The molecule has 1 heterocycles. The molecule has 0 radical (unpaired) electrons. The molecule has 2 aromatic rings. The molecular weight excluding hydrogens is 396 g/mol. The summed E-state index contributed by atoms with van der Waals surface area (Å²) in [6.07, 6.45) is 0.184. The Kier molecular flexibility index (Phi) is 5.11. The van der Waals surface area contributed by atoms with Crippen LogP contribution < -0.4 is 5.73 Å². The largest absolute Gasteiger partial charge is 0.383 e. The minimum Gasteiger partial charge on any atom is -0.383 e. The second kappa shape index (κ2) is 6.64. The van der Waals surface area contributed by atoms with E-state index in [4.69, 9.17) is 22.1 Å². The highest BCUT2D eigenvalue weighted by Crippen LogP contribution is 2.23. The zero-order valence-corrected chi connectivity index (χ0v) is 13.6. The van der Waals surface area contributed by atoms with Gasteiger partial charge in [-0.15, -0.1) is 0 Å². The number of hydrogen-bond acceptors (Lipinski definition) is 4. The van der Waals surface area contributed by atoms with Crippen LogP contribution in [0.1, 0.15) is 17.1 Å². The molecule has 0 saturated heterocycles. The van der Waals surface area contributed by atoms with Gasteiger partial charge in [0, 0.05) is 24.1 Å². The third-order valence-corrected chi connectivity index (χ3v) is 4.20. The molecule has 0 spiro atoms. The number of ether oxygens (including phenoxy) is 1. The van der Waals surface area contributed by atoms with Crippen LogP contribution in [0.25, 0.3) is 0 Å². The van der Waals surface area contributed by atoms with Gasteiger partial charge in [0.05, 0.1) is 15.9 Å². The van der Waals surface area contributed by atoms with Crippen LogP contribution in [0.4, 0.5) is 10.2 Å². The van der Waals surface area contributed by atoms with Gasteiger partial charge < -0.3 is 10.5 Å². The number of benzene rings is 1. The van der Waals surface area contributed by atoms with Crippen molar-refractivity contribution in [3.63, 3.8) is 0 Å². The summed E-state index contributed by atoms with van der Waals surface area (Å²) >= 11 is 8.06. The van der Waals surface area contributed by atoms with Gasteiger partial charge in [-0.2, -0.15) is 0 Å². The smallest absolute Gasteiger partial charge is 0.141 e. The van der Waals surface area contributed by atoms with E-state index in [2.05, 4.69) is 32.6 Å². The van der Waals surface area contributed by atoms with Crippen molar-refractivity contribution in [2.24, 2.45) is 0 Å². The summed E-state index contributed by atoms with van der Waals surface area (Å²) in [4.78, 5) is 8.52. The van der Waals surface area contributed by atoms with E-state index >= 15 is 0 Å². The van der Waals surface area contributed by atoms with Crippen LogP contribution >= 0.6 is 34.2 Å². The van der Waals surface area contributed by atoms with E-state index < -0.39 is 0 Å². The van der Waals surface area contributed by atoms with E-state index in [-0.39, 0.29) is 12.2 Å². The standard InChI is InChI=1S/C13H12ClFIN3O/c1-20-6-10-12(16)13(17)19-11(18-10)5-7-8(14)3-2-4-9(7)15/h2-4H,5-6H2,1H3,(H2,17,18,19). The van der Waals surface area contributed by atoms with E-state index in [1.165, 1.54) is 6.07 Å². The molecule has 1 aromatic heterocycles. The summed E-state index contributed by atoms with van der Waals surface area (Å²) in [7, 11) is 1.57. The van der Waals surface area contributed by atoms with E-state index in [1.54, 1.807) is 19.2 Å². The highest BCUT2D eigenvalue weighted by molar-refractivity contribution is 14.1. The maximum Gasteiger partial charge on any atom is 0.141 e. The van der Waals surface area contributed by atoms with Gasteiger partial charge in [0.2, 0.25) is 0 Å². The zero-order chi connectivity index (χ0) is 14.7. The third kappa shape index (κ3) is 3.36. The summed E-state index contributed by atoms with van der Waals surface area (Å²) in [5, 5.41) is 0.346. The number of halogens is 3. The van der Waals surface area contributed by atoms with Crippen LogP contribution in [0.2, 0.25) is 5.02 Å². The number of nitrogens with two attached hydrogens (primary N) is 1. The molecule has 2 N–H and O–H groups in total. The average molecular weight is 408 g/mol. The van der Waals surface area contributed by atoms with Crippen molar-refractivity contribution in [1.82, 2.24) is 9.97 Å². The molecule has 2 rings (SSSR count). The Labute approximate surface area is 134 Å². The number of nitrogen functional groups attached to an aromatic ring is 1. The minimum atomic E-state index is -0.383. The van der Waals surface area contributed by atoms with Gasteiger partial charge >= 0.3 is 0 Å². The Balaban J connectivity index is 2.39. The summed E-state index contributed by atoms with van der Waals surface area (Å²) in [5.41, 5.74) is 6.88. The third-order valence-electron chi connectivity index (χ3n) is 2.67. The first-order valence-corrected chi connectivity index (χ1v) is 7.21. The number of methoxy groups -OCH3 is 1. The fraction of sp³-hybridized carbons (Fsp3) is 0.231. The lowest BCUT2D eigenvalue weighted by Crippen LogP contribution is -2.09. The molecule has 0 atom stereocenters. The first kappa shape index (κ1) is 15.4. The summed E-state index contributed by atoms with van der Waals surface area (Å²) in [5.74, 6) is 0.392. The number of aromatic nitrogens is 2. The van der Waals surface area contributed by atoms with E-state index in [0.29, 0.717) is 34.5 Å². The summed E-state index contributed by atoms with van der Waals surface area (Å²) < 4.78 is 19.6. The maximum atomic E-state index is 13.8. The molecule has 0 unspecified atom stereocenters. The lowest BCUT2D eigenvalue weighted by atomic mass is 10.1. The van der Waals surface area contributed by atoms with Gasteiger partial charge in [0.15, 0.2) is 0 Å². The number of rotatable bonds is 4. The quantitative estimate of drug-likeness (QED) is 0.791. The van der Waals surface area contributed by atoms with Crippen molar-refractivity contribution in [2.45, 2.75) is 13.0 Å². The van der Waals surface area contributed by atoms with E-state index in [9.17, 15) is 4.39 Å². The van der Waals surface area contributed by atoms with Crippen LogP contribution in [0.5, 0.6) is 0 Å². The first-order valence-electron chi connectivity index (χ1n) is 5.75. The number of hydrogen-bond donors (Lipinski definition) is 1.